The Morgan fingerprint density at radius 3 is 1.50 bits per heavy atom. The molecule has 8 rings (SSSR count). The minimum Gasteiger partial charge on any atom is -0.339 e. The van der Waals surface area contributed by atoms with Gasteiger partial charge >= 0.3 is 0 Å². The molecule has 276 valence electrons. The molecule has 6 aromatic rings. The molecular weight excluding hydrogens is 704 g/mol. The summed E-state index contributed by atoms with van der Waals surface area (Å²) < 4.78 is 64.0. The highest BCUT2D eigenvalue weighted by Crippen LogP contribution is 2.30. The predicted molar refractivity (Wildman–Crippen MR) is 188 cm³/mol. The zero-order chi connectivity index (χ0) is 37.6. The van der Waals surface area contributed by atoms with E-state index in [2.05, 4.69) is 20.3 Å². The lowest BCUT2D eigenvalue weighted by molar-refractivity contribution is 0.0688. The van der Waals surface area contributed by atoms with Crippen molar-refractivity contribution in [2.45, 2.75) is 37.5 Å². The first-order valence-electron chi connectivity index (χ1n) is 17.5. The van der Waals surface area contributed by atoms with Crippen molar-refractivity contribution in [1.82, 2.24) is 30.1 Å². The zero-order valence-corrected chi connectivity index (χ0v) is 28.9. The summed E-state index contributed by atoms with van der Waals surface area (Å²) in [5.74, 6) is -0.611. The number of aromatic nitrogens is 4. The average molecular weight is 739 g/mol. The molecule has 2 aliphatic heterocycles. The first-order chi connectivity index (χ1) is 26.2. The van der Waals surface area contributed by atoms with E-state index >= 15 is 0 Å². The van der Waals surface area contributed by atoms with Crippen molar-refractivity contribution < 1.29 is 36.2 Å². The van der Waals surface area contributed by atoms with Crippen molar-refractivity contribution in [2.24, 2.45) is 0 Å². The molecule has 0 aliphatic carbocycles. The molecule has 10 nitrogen and oxygen atoms in total. The summed E-state index contributed by atoms with van der Waals surface area (Å²) in [7, 11) is 0. The van der Waals surface area contributed by atoms with Crippen LogP contribution in [-0.2, 0) is 0 Å². The van der Waals surface area contributed by atoms with E-state index in [1.807, 2.05) is 0 Å². The van der Waals surface area contributed by atoms with E-state index in [9.17, 15) is 27.2 Å². The second-order valence-corrected chi connectivity index (χ2v) is 13.1. The molecule has 2 aliphatic rings. The molecule has 0 saturated carbocycles. The summed E-state index contributed by atoms with van der Waals surface area (Å²) in [6, 6.07) is 23.2. The number of piperidine rings is 2. The number of hydrogen-bond donors (Lipinski definition) is 0. The Morgan fingerprint density at radius 1 is 0.556 bits per heavy atom. The number of nitrogens with zero attached hydrogens (tertiary/aromatic N) is 6. The Morgan fingerprint density at radius 2 is 1.02 bits per heavy atom. The fourth-order valence-electron chi connectivity index (χ4n) is 6.60. The number of carbonyl (C=O) groups excluding carboxylic acids is 2. The monoisotopic (exact) mass is 738 g/mol. The van der Waals surface area contributed by atoms with Gasteiger partial charge in [0.15, 0.2) is 0 Å². The van der Waals surface area contributed by atoms with E-state index in [1.54, 1.807) is 40.1 Å². The van der Waals surface area contributed by atoms with Crippen LogP contribution in [0.15, 0.2) is 106 Å². The van der Waals surface area contributed by atoms with E-state index in [0.717, 1.165) is 25.7 Å². The number of likely N-dealkylation sites (tertiary alicyclic amines) is 2. The van der Waals surface area contributed by atoms with Crippen LogP contribution in [0.4, 0.5) is 17.6 Å². The Bertz CT molecular complexity index is 2240. The summed E-state index contributed by atoms with van der Waals surface area (Å²) in [6.45, 7) is 2.08. The number of hydrogen-bond acceptors (Lipinski definition) is 8. The predicted octanol–water partition coefficient (Wildman–Crippen LogP) is 8.07. The van der Waals surface area contributed by atoms with Crippen LogP contribution in [0, 0.1) is 23.3 Å². The lowest BCUT2D eigenvalue weighted by Gasteiger charge is -2.31. The molecule has 0 spiro atoms. The lowest BCUT2D eigenvalue weighted by atomic mass is 9.97. The fraction of sp³-hybridized carbons (Fsp3) is 0.250. The van der Waals surface area contributed by atoms with E-state index in [-0.39, 0.29) is 41.1 Å². The topological polar surface area (TPSA) is 118 Å². The number of amides is 2. The third-order valence-electron chi connectivity index (χ3n) is 9.33. The summed E-state index contributed by atoms with van der Waals surface area (Å²) >= 11 is 0. The Labute approximate surface area is 307 Å². The van der Waals surface area contributed by atoms with Gasteiger partial charge in [-0.3, -0.25) is 9.59 Å². The molecule has 0 radical (unpaired) electrons. The molecule has 4 heterocycles. The maximum Gasteiger partial charge on any atom is 0.253 e. The molecule has 2 amide bonds. The maximum absolute atomic E-state index is 13.4. The van der Waals surface area contributed by atoms with Gasteiger partial charge in [0.2, 0.25) is 23.4 Å². The van der Waals surface area contributed by atoms with Gasteiger partial charge in [-0.1, -0.05) is 40.6 Å². The largest absolute Gasteiger partial charge is 0.339 e. The highest BCUT2D eigenvalue weighted by atomic mass is 19.1. The maximum atomic E-state index is 13.4. The summed E-state index contributed by atoms with van der Waals surface area (Å²) in [6.07, 6.45) is 3.20. The minimum atomic E-state index is -0.439. The van der Waals surface area contributed by atoms with Gasteiger partial charge in [-0.05, 0) is 92.4 Å². The smallest absolute Gasteiger partial charge is 0.253 e. The first-order valence-corrected chi connectivity index (χ1v) is 17.5. The fourth-order valence-corrected chi connectivity index (χ4v) is 6.60. The Kier molecular flexibility index (Phi) is 10.9. The molecule has 2 atom stereocenters. The van der Waals surface area contributed by atoms with Gasteiger partial charge in [0, 0.05) is 48.4 Å². The summed E-state index contributed by atoms with van der Waals surface area (Å²) in [4.78, 5) is 37.5. The van der Waals surface area contributed by atoms with Crippen LogP contribution < -0.4 is 0 Å². The molecule has 0 N–H and O–H groups in total. The number of halogens is 4. The van der Waals surface area contributed by atoms with Crippen molar-refractivity contribution >= 4 is 11.8 Å². The van der Waals surface area contributed by atoms with Gasteiger partial charge in [-0.25, -0.2) is 17.6 Å². The molecule has 2 saturated heterocycles. The van der Waals surface area contributed by atoms with Crippen LogP contribution in [0.5, 0.6) is 0 Å². The average Bonchev–Trinajstić information content (AvgIpc) is 3.90. The second kappa shape index (κ2) is 16.2. The second-order valence-electron chi connectivity index (χ2n) is 13.1. The van der Waals surface area contributed by atoms with E-state index in [1.165, 1.54) is 66.7 Å². The molecule has 14 heteroatoms. The van der Waals surface area contributed by atoms with Gasteiger partial charge < -0.3 is 18.8 Å². The van der Waals surface area contributed by atoms with Crippen LogP contribution in [0.25, 0.3) is 22.8 Å². The van der Waals surface area contributed by atoms with E-state index < -0.39 is 5.82 Å². The Hall–Kier alpha value is -6.18. The van der Waals surface area contributed by atoms with E-state index in [4.69, 9.17) is 9.05 Å². The quantitative estimate of drug-likeness (QED) is 0.158. The van der Waals surface area contributed by atoms with Gasteiger partial charge in [0.05, 0.1) is 11.8 Å². The minimum absolute atomic E-state index is 0.0852. The van der Waals surface area contributed by atoms with Crippen molar-refractivity contribution in [3.8, 4) is 22.8 Å². The third kappa shape index (κ3) is 8.54. The number of carbonyl (C=O) groups is 2. The molecule has 4 aromatic carbocycles. The van der Waals surface area contributed by atoms with Gasteiger partial charge in [-0.15, -0.1) is 0 Å². The molecule has 2 unspecified atom stereocenters. The number of rotatable bonds is 6. The highest BCUT2D eigenvalue weighted by Gasteiger charge is 2.31. The van der Waals surface area contributed by atoms with Crippen LogP contribution in [0.2, 0.25) is 0 Å². The van der Waals surface area contributed by atoms with Crippen LogP contribution >= 0.6 is 0 Å². The van der Waals surface area contributed by atoms with Crippen molar-refractivity contribution in [3.05, 3.63) is 143 Å². The van der Waals surface area contributed by atoms with Crippen LogP contribution in [-0.4, -0.2) is 68.1 Å². The zero-order valence-electron chi connectivity index (χ0n) is 28.9. The lowest BCUT2D eigenvalue weighted by Crippen LogP contribution is -2.39. The molecule has 2 aromatic heterocycles. The third-order valence-corrected chi connectivity index (χ3v) is 9.33. The normalized spacial score (nSPS) is 17.1. The SMILES string of the molecule is O=C(c1ccc(F)cc1)N1CCCC(c2nc(-c3cccc(F)c3)no2)C1.O=C(c1cccc(F)c1)N1CCCC(c2nc(-c3cccc(F)c3)no2)C1. The summed E-state index contributed by atoms with van der Waals surface area (Å²) in [5.41, 5.74) is 1.85. The van der Waals surface area contributed by atoms with E-state index in [0.29, 0.717) is 71.9 Å². The summed E-state index contributed by atoms with van der Waals surface area (Å²) in [5, 5.41) is 7.88. The molecular formula is C40H34F4N6O4. The van der Waals surface area contributed by atoms with Gasteiger partial charge in [0.1, 0.15) is 23.3 Å². The molecule has 54 heavy (non-hydrogen) atoms. The number of benzene rings is 4. The van der Waals surface area contributed by atoms with Gasteiger partial charge in [-0.2, -0.15) is 9.97 Å². The van der Waals surface area contributed by atoms with Crippen LogP contribution in [0.1, 0.15) is 70.0 Å². The highest BCUT2D eigenvalue weighted by molar-refractivity contribution is 5.94. The van der Waals surface area contributed by atoms with Crippen molar-refractivity contribution in [1.29, 1.82) is 0 Å². The van der Waals surface area contributed by atoms with Crippen molar-refractivity contribution in [2.75, 3.05) is 26.2 Å². The Balaban J connectivity index is 0.000000167. The standard InChI is InChI=1S/2C20H17F2N3O2/c21-16-7-1-4-13(10-16)18-23-19(27-24-18)15-6-3-9-25(12-15)20(26)14-5-2-8-17(22)11-14;21-16-8-6-13(7-9-16)20(26)25-10-2-4-15(12-25)19-23-18(24-27-19)14-3-1-5-17(22)11-14/h1-2,4-5,7-8,10-11,15H,3,6,9,12H2;1,3,5-9,11,15H,2,4,10,12H2. The van der Waals surface area contributed by atoms with Crippen molar-refractivity contribution in [3.63, 3.8) is 0 Å². The van der Waals surface area contributed by atoms with Crippen LogP contribution in [0.3, 0.4) is 0 Å². The molecule has 0 bridgehead atoms. The molecule has 2 fully saturated rings. The first kappa shape index (κ1) is 36.2. The van der Waals surface area contributed by atoms with Gasteiger partial charge in [0.25, 0.3) is 11.8 Å².